The van der Waals surface area contributed by atoms with Crippen LogP contribution in [-0.2, 0) is 11.2 Å². The largest absolute Gasteiger partial charge is 0.385 e. The summed E-state index contributed by atoms with van der Waals surface area (Å²) < 4.78 is 5.41. The zero-order chi connectivity index (χ0) is 16.0. The first-order valence-electron chi connectivity index (χ1n) is 7.97. The minimum atomic E-state index is -0.825. The lowest BCUT2D eigenvalue weighted by Gasteiger charge is -2.26. The molecule has 0 amide bonds. The summed E-state index contributed by atoms with van der Waals surface area (Å²) >= 11 is 1.68. The molecule has 23 heavy (non-hydrogen) atoms. The number of thiazole rings is 1. The molecule has 1 aromatic carbocycles. The molecule has 3 rings (SSSR count). The van der Waals surface area contributed by atoms with Crippen molar-refractivity contribution in [1.82, 2.24) is 15.6 Å². The first kappa shape index (κ1) is 16.5. The van der Waals surface area contributed by atoms with E-state index < -0.39 is 5.60 Å². The van der Waals surface area contributed by atoms with E-state index in [0.717, 1.165) is 35.8 Å². The van der Waals surface area contributed by atoms with Gasteiger partial charge in [0.05, 0.1) is 23.9 Å². The predicted molar refractivity (Wildman–Crippen MR) is 92.8 cm³/mol. The topological polar surface area (TPSA) is 66.4 Å². The van der Waals surface area contributed by atoms with Crippen LogP contribution in [0.4, 0.5) is 0 Å². The third-order valence-corrected chi connectivity index (χ3v) is 4.75. The van der Waals surface area contributed by atoms with Gasteiger partial charge < -0.3 is 20.5 Å². The van der Waals surface area contributed by atoms with E-state index in [4.69, 9.17) is 4.74 Å². The monoisotopic (exact) mass is 333 g/mol. The Morgan fingerprint density at radius 1 is 1.35 bits per heavy atom. The summed E-state index contributed by atoms with van der Waals surface area (Å²) in [5, 5.41) is 20.2. The molecule has 1 atom stereocenters. The lowest BCUT2D eigenvalue weighted by atomic mass is 10.1. The molecule has 3 N–H and O–H groups in total. The van der Waals surface area contributed by atoms with Crippen molar-refractivity contribution in [2.24, 2.45) is 0 Å². The maximum Gasteiger partial charge on any atom is 0.113 e. The average molecular weight is 333 g/mol. The number of nitrogens with one attached hydrogen (secondary N) is 2. The van der Waals surface area contributed by atoms with E-state index in [2.05, 4.69) is 33.1 Å². The van der Waals surface area contributed by atoms with Crippen LogP contribution in [0, 0.1) is 0 Å². The van der Waals surface area contributed by atoms with Crippen molar-refractivity contribution < 1.29 is 9.84 Å². The minimum Gasteiger partial charge on any atom is -0.385 e. The van der Waals surface area contributed by atoms with Crippen LogP contribution in [0.25, 0.3) is 11.3 Å². The van der Waals surface area contributed by atoms with Gasteiger partial charge in [0, 0.05) is 43.5 Å². The number of nitrogens with zero attached hydrogens (tertiary/aromatic N) is 1. The summed E-state index contributed by atoms with van der Waals surface area (Å²) in [5.74, 6) is 0. The van der Waals surface area contributed by atoms with E-state index in [-0.39, 0.29) is 0 Å². The van der Waals surface area contributed by atoms with Gasteiger partial charge in [-0.15, -0.1) is 11.3 Å². The Hall–Kier alpha value is -1.31. The van der Waals surface area contributed by atoms with E-state index in [0.29, 0.717) is 26.3 Å². The second kappa shape index (κ2) is 7.99. The molecule has 1 aliphatic rings. The maximum atomic E-state index is 10.4. The zero-order valence-electron chi connectivity index (χ0n) is 13.1. The highest BCUT2D eigenvalue weighted by molar-refractivity contribution is 7.09. The Balaban J connectivity index is 1.45. The number of aromatic nitrogens is 1. The van der Waals surface area contributed by atoms with E-state index in [9.17, 15) is 5.11 Å². The molecule has 0 spiro atoms. The van der Waals surface area contributed by atoms with Gasteiger partial charge in [0.25, 0.3) is 0 Å². The SMILES string of the molecule is O[C@@]1(CNCCc2nc(-c3ccccc3)cs2)CNCCOC1. The van der Waals surface area contributed by atoms with Gasteiger partial charge >= 0.3 is 0 Å². The fraction of sp³-hybridized carbons (Fsp3) is 0.471. The Kier molecular flexibility index (Phi) is 5.75. The summed E-state index contributed by atoms with van der Waals surface area (Å²) in [6.45, 7) is 3.71. The van der Waals surface area contributed by atoms with Gasteiger partial charge in [-0.25, -0.2) is 4.98 Å². The number of benzene rings is 1. The molecule has 0 saturated carbocycles. The Morgan fingerprint density at radius 3 is 3.09 bits per heavy atom. The third kappa shape index (κ3) is 4.83. The smallest absolute Gasteiger partial charge is 0.113 e. The van der Waals surface area contributed by atoms with E-state index >= 15 is 0 Å². The van der Waals surface area contributed by atoms with Crippen LogP contribution in [0.15, 0.2) is 35.7 Å². The molecule has 2 heterocycles. The van der Waals surface area contributed by atoms with Crippen LogP contribution in [0.5, 0.6) is 0 Å². The lowest BCUT2D eigenvalue weighted by Crippen LogP contribution is -2.50. The molecule has 0 radical (unpaired) electrons. The molecule has 6 heteroatoms. The lowest BCUT2D eigenvalue weighted by molar-refractivity contribution is -0.0260. The van der Waals surface area contributed by atoms with Crippen LogP contribution in [0.1, 0.15) is 5.01 Å². The molecule has 0 bridgehead atoms. The van der Waals surface area contributed by atoms with Crippen molar-refractivity contribution in [3.8, 4) is 11.3 Å². The number of ether oxygens (including phenoxy) is 1. The average Bonchev–Trinajstić information content (AvgIpc) is 2.94. The highest BCUT2D eigenvalue weighted by atomic mass is 32.1. The molecule has 124 valence electrons. The van der Waals surface area contributed by atoms with E-state index in [1.54, 1.807) is 11.3 Å². The summed E-state index contributed by atoms with van der Waals surface area (Å²) in [7, 11) is 0. The minimum absolute atomic E-state index is 0.377. The van der Waals surface area contributed by atoms with Crippen LogP contribution in [-0.4, -0.2) is 55.1 Å². The molecular formula is C17H23N3O2S. The number of hydrogen-bond donors (Lipinski definition) is 3. The van der Waals surface area contributed by atoms with Crippen molar-refractivity contribution in [3.05, 3.63) is 40.7 Å². The number of β-amino-alcohol motifs (C(OH)–C–C–N with tert-alkyl or cyclic N) is 1. The fourth-order valence-corrected chi connectivity index (χ4v) is 3.38. The standard InChI is InChI=1S/C17H23N3O2S/c21-17(12-19-8-9-22-13-17)11-18-7-6-16-20-15(10-23-16)14-4-2-1-3-5-14/h1-5,10,18-19,21H,6-9,11-13H2/t17-/m0/s1. The first-order valence-corrected chi connectivity index (χ1v) is 8.85. The molecule has 0 unspecified atom stereocenters. The first-order chi connectivity index (χ1) is 11.3. The third-order valence-electron chi connectivity index (χ3n) is 3.84. The second-order valence-corrected chi connectivity index (χ2v) is 6.82. The summed E-state index contributed by atoms with van der Waals surface area (Å²) in [5.41, 5.74) is 1.36. The van der Waals surface area contributed by atoms with Crippen LogP contribution < -0.4 is 10.6 Å². The number of aliphatic hydroxyl groups is 1. The van der Waals surface area contributed by atoms with E-state index in [1.165, 1.54) is 0 Å². The molecule has 1 saturated heterocycles. The van der Waals surface area contributed by atoms with Crippen molar-refractivity contribution in [2.75, 3.05) is 39.4 Å². The Labute approximate surface area is 140 Å². The van der Waals surface area contributed by atoms with Gasteiger partial charge in [-0.3, -0.25) is 0 Å². The Bertz CT molecular complexity index is 595. The quantitative estimate of drug-likeness (QED) is 0.695. The van der Waals surface area contributed by atoms with Crippen LogP contribution in [0.2, 0.25) is 0 Å². The van der Waals surface area contributed by atoms with Gasteiger partial charge in [-0.05, 0) is 0 Å². The molecule has 5 nitrogen and oxygen atoms in total. The van der Waals surface area contributed by atoms with Gasteiger partial charge in [-0.1, -0.05) is 30.3 Å². The molecule has 2 aromatic rings. The normalized spacial score (nSPS) is 22.0. The van der Waals surface area contributed by atoms with Crippen molar-refractivity contribution in [2.45, 2.75) is 12.0 Å². The van der Waals surface area contributed by atoms with Crippen molar-refractivity contribution in [1.29, 1.82) is 0 Å². The maximum absolute atomic E-state index is 10.4. The van der Waals surface area contributed by atoms with Gasteiger partial charge in [0.1, 0.15) is 5.60 Å². The number of rotatable bonds is 6. The summed E-state index contributed by atoms with van der Waals surface area (Å²) in [6.07, 6.45) is 0.863. The molecule has 0 aliphatic carbocycles. The van der Waals surface area contributed by atoms with Crippen molar-refractivity contribution in [3.63, 3.8) is 0 Å². The number of hydrogen-bond acceptors (Lipinski definition) is 6. The highest BCUT2D eigenvalue weighted by Crippen LogP contribution is 2.21. The molecule has 1 fully saturated rings. The van der Waals surface area contributed by atoms with Crippen LogP contribution in [0.3, 0.4) is 0 Å². The van der Waals surface area contributed by atoms with Crippen molar-refractivity contribution >= 4 is 11.3 Å². The molecule has 1 aromatic heterocycles. The van der Waals surface area contributed by atoms with E-state index in [1.807, 2.05) is 18.2 Å². The van der Waals surface area contributed by atoms with Gasteiger partial charge in [0.2, 0.25) is 0 Å². The zero-order valence-corrected chi connectivity index (χ0v) is 13.9. The van der Waals surface area contributed by atoms with Gasteiger partial charge in [0.15, 0.2) is 0 Å². The van der Waals surface area contributed by atoms with Crippen LogP contribution >= 0.6 is 11.3 Å². The Morgan fingerprint density at radius 2 is 2.22 bits per heavy atom. The molecular weight excluding hydrogens is 310 g/mol. The highest BCUT2D eigenvalue weighted by Gasteiger charge is 2.28. The predicted octanol–water partition coefficient (Wildman–Crippen LogP) is 1.29. The van der Waals surface area contributed by atoms with Gasteiger partial charge in [-0.2, -0.15) is 0 Å². The fourth-order valence-electron chi connectivity index (χ4n) is 2.58. The summed E-state index contributed by atoms with van der Waals surface area (Å²) in [6, 6.07) is 10.2. The summed E-state index contributed by atoms with van der Waals surface area (Å²) in [4.78, 5) is 4.68. The molecule has 1 aliphatic heterocycles. The second-order valence-electron chi connectivity index (χ2n) is 5.87.